The van der Waals surface area contributed by atoms with Crippen molar-refractivity contribution < 1.29 is 9.53 Å². The van der Waals surface area contributed by atoms with Crippen molar-refractivity contribution in [2.75, 3.05) is 33.8 Å². The van der Waals surface area contributed by atoms with E-state index in [1.54, 1.807) is 19.0 Å². The third-order valence-electron chi connectivity index (χ3n) is 3.93. The van der Waals surface area contributed by atoms with Gasteiger partial charge in [-0.2, -0.15) is 0 Å². The van der Waals surface area contributed by atoms with Crippen LogP contribution in [0.5, 0.6) is 0 Å². The summed E-state index contributed by atoms with van der Waals surface area (Å²) in [6, 6.07) is 8.27. The average molecular weight is 332 g/mol. The Labute approximate surface area is 144 Å². The summed E-state index contributed by atoms with van der Waals surface area (Å²) in [5.41, 5.74) is 2.36. The summed E-state index contributed by atoms with van der Waals surface area (Å²) in [6.45, 7) is 4.39. The molecule has 1 fully saturated rings. The largest absolute Gasteiger partial charge is 0.376 e. The first-order valence-electron chi connectivity index (χ1n) is 8.44. The van der Waals surface area contributed by atoms with Gasteiger partial charge in [0, 0.05) is 27.2 Å². The minimum absolute atomic E-state index is 0.0113. The predicted molar refractivity (Wildman–Crippen MR) is 96.0 cm³/mol. The molecule has 6 heteroatoms. The van der Waals surface area contributed by atoms with Crippen LogP contribution in [0.15, 0.2) is 29.3 Å². The first-order chi connectivity index (χ1) is 11.5. The monoisotopic (exact) mass is 332 g/mol. The Bertz CT molecular complexity index is 566. The number of guanidine groups is 1. The zero-order chi connectivity index (χ0) is 17.4. The summed E-state index contributed by atoms with van der Waals surface area (Å²) < 4.78 is 5.63. The minimum atomic E-state index is 0.0113. The van der Waals surface area contributed by atoms with Crippen molar-refractivity contribution in [2.24, 2.45) is 4.99 Å². The van der Waals surface area contributed by atoms with E-state index in [2.05, 4.69) is 40.7 Å². The maximum absolute atomic E-state index is 11.8. The number of hydrogen-bond acceptors (Lipinski definition) is 3. The lowest BCUT2D eigenvalue weighted by Crippen LogP contribution is -2.45. The van der Waals surface area contributed by atoms with Crippen molar-refractivity contribution in [3.05, 3.63) is 35.4 Å². The molecule has 0 saturated carbocycles. The standard InChI is InChI=1S/C18H28N4O2/c1-14-6-4-7-15(10-14)11-19-18(21-13-17(23)22(2)3)20-12-16-8-5-9-24-16/h4,6-7,10,16H,5,8-9,11-13H2,1-3H3,(H2,19,20,21). The Kier molecular flexibility index (Phi) is 7.06. The second kappa shape index (κ2) is 9.27. The lowest BCUT2D eigenvalue weighted by molar-refractivity contribution is -0.127. The third-order valence-corrected chi connectivity index (χ3v) is 3.93. The molecule has 1 atom stereocenters. The third kappa shape index (κ3) is 6.20. The Morgan fingerprint density at radius 2 is 2.21 bits per heavy atom. The zero-order valence-corrected chi connectivity index (χ0v) is 14.8. The highest BCUT2D eigenvalue weighted by atomic mass is 16.5. The number of carbonyl (C=O) groups excluding carboxylic acids is 1. The van der Waals surface area contributed by atoms with Crippen molar-refractivity contribution in [2.45, 2.75) is 32.4 Å². The van der Waals surface area contributed by atoms with Gasteiger partial charge in [0.2, 0.25) is 5.91 Å². The number of aryl methyl sites for hydroxylation is 1. The van der Waals surface area contributed by atoms with Crippen molar-refractivity contribution in [1.29, 1.82) is 0 Å². The van der Waals surface area contributed by atoms with Crippen LogP contribution in [0, 0.1) is 6.92 Å². The van der Waals surface area contributed by atoms with Crippen LogP contribution in [0.1, 0.15) is 24.0 Å². The number of amides is 1. The number of nitrogens with one attached hydrogen (secondary N) is 2. The van der Waals surface area contributed by atoms with E-state index in [4.69, 9.17) is 4.74 Å². The van der Waals surface area contributed by atoms with Crippen molar-refractivity contribution in [1.82, 2.24) is 15.5 Å². The summed E-state index contributed by atoms with van der Waals surface area (Å²) in [5, 5.41) is 6.39. The van der Waals surface area contributed by atoms with Crippen LogP contribution >= 0.6 is 0 Å². The molecule has 0 radical (unpaired) electrons. The topological polar surface area (TPSA) is 66.0 Å². The minimum Gasteiger partial charge on any atom is -0.376 e. The molecule has 1 aliphatic heterocycles. The van der Waals surface area contributed by atoms with Crippen LogP contribution in [-0.4, -0.2) is 56.7 Å². The van der Waals surface area contributed by atoms with Gasteiger partial charge in [0.1, 0.15) is 0 Å². The van der Waals surface area contributed by atoms with Gasteiger partial charge in [-0.1, -0.05) is 29.8 Å². The molecule has 1 saturated heterocycles. The normalized spacial score (nSPS) is 17.6. The Morgan fingerprint density at radius 3 is 2.88 bits per heavy atom. The first-order valence-corrected chi connectivity index (χ1v) is 8.44. The van der Waals surface area contributed by atoms with Crippen LogP contribution in [-0.2, 0) is 16.1 Å². The molecule has 1 heterocycles. The van der Waals surface area contributed by atoms with Gasteiger partial charge >= 0.3 is 0 Å². The summed E-state index contributed by atoms with van der Waals surface area (Å²) in [6.07, 6.45) is 2.39. The molecule has 1 unspecified atom stereocenters. The highest BCUT2D eigenvalue weighted by Gasteiger charge is 2.16. The fourth-order valence-corrected chi connectivity index (χ4v) is 2.49. The summed E-state index contributed by atoms with van der Waals surface area (Å²) in [5.74, 6) is 0.652. The molecule has 0 aliphatic carbocycles. The number of hydrogen-bond donors (Lipinski definition) is 2. The van der Waals surface area contributed by atoms with Gasteiger partial charge in [0.15, 0.2) is 5.96 Å². The average Bonchev–Trinajstić information content (AvgIpc) is 3.07. The fraction of sp³-hybridized carbons (Fsp3) is 0.556. The number of ether oxygens (including phenoxy) is 1. The van der Waals surface area contributed by atoms with Gasteiger partial charge in [-0.15, -0.1) is 0 Å². The Hall–Kier alpha value is -2.08. The van der Waals surface area contributed by atoms with E-state index in [0.29, 0.717) is 19.0 Å². The molecule has 1 aromatic rings. The molecule has 1 aromatic carbocycles. The molecule has 6 nitrogen and oxygen atoms in total. The molecule has 1 aliphatic rings. The Morgan fingerprint density at radius 1 is 1.38 bits per heavy atom. The summed E-state index contributed by atoms with van der Waals surface area (Å²) >= 11 is 0. The van der Waals surface area contributed by atoms with Crippen molar-refractivity contribution >= 4 is 11.9 Å². The summed E-state index contributed by atoms with van der Waals surface area (Å²) in [7, 11) is 3.49. The van der Waals surface area contributed by atoms with E-state index < -0.39 is 0 Å². The van der Waals surface area contributed by atoms with E-state index >= 15 is 0 Å². The first kappa shape index (κ1) is 18.3. The molecule has 2 rings (SSSR count). The van der Waals surface area contributed by atoms with E-state index in [1.807, 2.05) is 6.07 Å². The summed E-state index contributed by atoms with van der Waals surface area (Å²) in [4.78, 5) is 17.9. The smallest absolute Gasteiger partial charge is 0.241 e. The van der Waals surface area contributed by atoms with Gasteiger partial charge in [-0.3, -0.25) is 4.79 Å². The van der Waals surface area contributed by atoms with Crippen LogP contribution in [0.4, 0.5) is 0 Å². The lowest BCUT2D eigenvalue weighted by Gasteiger charge is -2.17. The Balaban J connectivity index is 1.94. The molecule has 0 bridgehead atoms. The fourth-order valence-electron chi connectivity index (χ4n) is 2.49. The number of likely N-dealkylation sites (N-methyl/N-ethyl adjacent to an activating group) is 1. The SMILES string of the molecule is Cc1cccc(CN=C(NCC(=O)N(C)C)NCC2CCCO2)c1. The van der Waals surface area contributed by atoms with Crippen LogP contribution in [0.2, 0.25) is 0 Å². The van der Waals surface area contributed by atoms with Gasteiger partial charge in [-0.25, -0.2) is 4.99 Å². The molecule has 0 aromatic heterocycles. The van der Waals surface area contributed by atoms with Gasteiger partial charge in [0.05, 0.1) is 19.2 Å². The molecule has 1 amide bonds. The predicted octanol–water partition coefficient (Wildman–Crippen LogP) is 1.30. The number of carbonyl (C=O) groups is 1. The molecule has 0 spiro atoms. The van der Waals surface area contributed by atoms with Crippen molar-refractivity contribution in [3.8, 4) is 0 Å². The second-order valence-corrected chi connectivity index (χ2v) is 6.31. The van der Waals surface area contributed by atoms with Crippen molar-refractivity contribution in [3.63, 3.8) is 0 Å². The van der Waals surface area contributed by atoms with E-state index in [9.17, 15) is 4.79 Å². The molecular formula is C18H28N4O2. The van der Waals surface area contributed by atoms with Crippen LogP contribution in [0.25, 0.3) is 0 Å². The molecular weight excluding hydrogens is 304 g/mol. The highest BCUT2D eigenvalue weighted by Crippen LogP contribution is 2.10. The van der Waals surface area contributed by atoms with E-state index in [-0.39, 0.29) is 18.6 Å². The molecule has 132 valence electrons. The quantitative estimate of drug-likeness (QED) is 0.609. The number of rotatable bonds is 6. The van der Waals surface area contributed by atoms with Crippen LogP contribution < -0.4 is 10.6 Å². The van der Waals surface area contributed by atoms with Crippen LogP contribution in [0.3, 0.4) is 0 Å². The van der Waals surface area contributed by atoms with E-state index in [1.165, 1.54) is 5.56 Å². The second-order valence-electron chi connectivity index (χ2n) is 6.31. The number of aliphatic imine (C=N–C) groups is 1. The molecule has 24 heavy (non-hydrogen) atoms. The van der Waals surface area contributed by atoms with Gasteiger partial charge in [-0.05, 0) is 25.3 Å². The maximum Gasteiger partial charge on any atom is 0.241 e. The van der Waals surface area contributed by atoms with E-state index in [0.717, 1.165) is 25.0 Å². The maximum atomic E-state index is 11.8. The lowest BCUT2D eigenvalue weighted by atomic mass is 10.1. The highest BCUT2D eigenvalue weighted by molar-refractivity contribution is 5.86. The molecule has 2 N–H and O–H groups in total. The van der Waals surface area contributed by atoms with Gasteiger partial charge in [0.25, 0.3) is 0 Å². The number of benzene rings is 1. The number of nitrogens with zero attached hydrogens (tertiary/aromatic N) is 2. The van der Waals surface area contributed by atoms with Gasteiger partial charge < -0.3 is 20.3 Å². The zero-order valence-electron chi connectivity index (χ0n) is 14.8.